The second-order valence-corrected chi connectivity index (χ2v) is 12.8. The van der Waals surface area contributed by atoms with Crippen LogP contribution in [0.2, 0.25) is 0 Å². The largest absolute Gasteiger partial charge is 0.494 e. The molecule has 1 aliphatic rings. The van der Waals surface area contributed by atoms with E-state index in [2.05, 4.69) is 119 Å². The zero-order chi connectivity index (χ0) is 30.2. The molecule has 0 aliphatic carbocycles. The highest BCUT2D eigenvalue weighted by atomic mass is 19.1. The van der Waals surface area contributed by atoms with Crippen molar-refractivity contribution >= 4 is 55.8 Å². The summed E-state index contributed by atoms with van der Waals surface area (Å²) in [4.78, 5) is 5.25. The van der Waals surface area contributed by atoms with Gasteiger partial charge in [-0.1, -0.05) is 78.9 Å². The summed E-state index contributed by atoms with van der Waals surface area (Å²) in [6, 6.07) is 38.7. The SMILES string of the molecule is CC1(C)OB(c2cccc(-c3ccc4nc(-c5ccc(F)cc5)c5c6ccccc6c6ccccc6c5c4c3)c2)OC1(C)C. The Labute approximate surface area is 256 Å². The van der Waals surface area contributed by atoms with Gasteiger partial charge in [-0.25, -0.2) is 9.37 Å². The van der Waals surface area contributed by atoms with E-state index in [-0.39, 0.29) is 5.82 Å². The molecule has 2 heterocycles. The fraction of sp³-hybridized carbons (Fsp3) is 0.154. The lowest BCUT2D eigenvalue weighted by molar-refractivity contribution is 0.00578. The first-order chi connectivity index (χ1) is 21.2. The third-order valence-electron chi connectivity index (χ3n) is 9.53. The normalized spacial score (nSPS) is 16.0. The smallest absolute Gasteiger partial charge is 0.399 e. The first-order valence-corrected chi connectivity index (χ1v) is 15.1. The van der Waals surface area contributed by atoms with Crippen molar-refractivity contribution in [2.75, 3.05) is 0 Å². The zero-order valence-corrected chi connectivity index (χ0v) is 25.2. The molecular weight excluding hydrogens is 544 g/mol. The van der Waals surface area contributed by atoms with E-state index in [9.17, 15) is 4.39 Å². The Morgan fingerprint density at radius 1 is 0.545 bits per heavy atom. The van der Waals surface area contributed by atoms with Crippen LogP contribution >= 0.6 is 0 Å². The molecule has 7 aromatic rings. The van der Waals surface area contributed by atoms with Crippen molar-refractivity contribution < 1.29 is 13.7 Å². The van der Waals surface area contributed by atoms with Gasteiger partial charge < -0.3 is 9.31 Å². The minimum atomic E-state index is -0.434. The second-order valence-electron chi connectivity index (χ2n) is 12.8. The van der Waals surface area contributed by atoms with E-state index >= 15 is 0 Å². The maximum atomic E-state index is 14.0. The third kappa shape index (κ3) is 4.15. The van der Waals surface area contributed by atoms with Crippen LogP contribution in [0, 0.1) is 5.82 Å². The molecule has 8 rings (SSSR count). The minimum absolute atomic E-state index is 0.262. The number of benzene rings is 6. The average molecular weight is 575 g/mol. The molecule has 0 bridgehead atoms. The Kier molecular flexibility index (Phi) is 5.96. The van der Waals surface area contributed by atoms with Crippen LogP contribution in [0.1, 0.15) is 27.7 Å². The van der Waals surface area contributed by atoms with Gasteiger partial charge in [0.05, 0.1) is 22.4 Å². The van der Waals surface area contributed by atoms with Crippen molar-refractivity contribution in [3.63, 3.8) is 0 Å². The fourth-order valence-corrected chi connectivity index (χ4v) is 6.52. The predicted octanol–water partition coefficient (Wildman–Crippen LogP) is 9.47. The zero-order valence-electron chi connectivity index (χ0n) is 25.2. The van der Waals surface area contributed by atoms with E-state index in [1.165, 1.54) is 28.3 Å². The Hall–Kier alpha value is -4.58. The molecule has 6 aromatic carbocycles. The number of fused-ring (bicyclic) bond motifs is 8. The van der Waals surface area contributed by atoms with Crippen LogP contribution < -0.4 is 5.46 Å². The van der Waals surface area contributed by atoms with E-state index in [4.69, 9.17) is 14.3 Å². The van der Waals surface area contributed by atoms with E-state index < -0.39 is 18.3 Å². The number of hydrogen-bond acceptors (Lipinski definition) is 3. The summed E-state index contributed by atoms with van der Waals surface area (Å²) in [5, 5.41) is 7.95. The highest BCUT2D eigenvalue weighted by Crippen LogP contribution is 2.43. The van der Waals surface area contributed by atoms with Gasteiger partial charge in [0.25, 0.3) is 0 Å². The van der Waals surface area contributed by atoms with Gasteiger partial charge in [0.15, 0.2) is 0 Å². The van der Waals surface area contributed by atoms with Gasteiger partial charge in [0.1, 0.15) is 5.82 Å². The van der Waals surface area contributed by atoms with Crippen molar-refractivity contribution in [2.45, 2.75) is 38.9 Å². The van der Waals surface area contributed by atoms with Crippen molar-refractivity contribution in [1.82, 2.24) is 4.98 Å². The van der Waals surface area contributed by atoms with Gasteiger partial charge in [0, 0.05) is 21.7 Å². The Morgan fingerprint density at radius 2 is 1.11 bits per heavy atom. The van der Waals surface area contributed by atoms with Gasteiger partial charge in [-0.2, -0.15) is 0 Å². The molecule has 5 heteroatoms. The lowest BCUT2D eigenvalue weighted by Crippen LogP contribution is -2.41. The molecule has 214 valence electrons. The van der Waals surface area contributed by atoms with Crippen LogP contribution in [-0.4, -0.2) is 23.3 Å². The second kappa shape index (κ2) is 9.72. The summed E-state index contributed by atoms with van der Waals surface area (Å²) in [6.45, 7) is 8.30. The van der Waals surface area contributed by atoms with Crippen molar-refractivity contribution in [3.8, 4) is 22.4 Å². The quantitative estimate of drug-likeness (QED) is 0.155. The molecule has 1 aromatic heterocycles. The molecule has 0 N–H and O–H groups in total. The van der Waals surface area contributed by atoms with Crippen LogP contribution in [0.4, 0.5) is 4.39 Å². The maximum absolute atomic E-state index is 14.0. The summed E-state index contributed by atoms with van der Waals surface area (Å²) in [7, 11) is -0.434. The third-order valence-corrected chi connectivity index (χ3v) is 9.53. The van der Waals surface area contributed by atoms with Gasteiger partial charge >= 0.3 is 7.12 Å². The number of nitrogens with zero attached hydrogens (tertiary/aromatic N) is 1. The van der Waals surface area contributed by atoms with Crippen LogP contribution in [0.25, 0.3) is 65.6 Å². The van der Waals surface area contributed by atoms with E-state index in [1.807, 2.05) is 12.1 Å². The topological polar surface area (TPSA) is 31.4 Å². The molecule has 0 spiro atoms. The molecule has 1 fully saturated rings. The van der Waals surface area contributed by atoms with Gasteiger partial charge in [-0.3, -0.25) is 0 Å². The number of rotatable bonds is 3. The van der Waals surface area contributed by atoms with Crippen LogP contribution in [0.5, 0.6) is 0 Å². The molecule has 3 nitrogen and oxygen atoms in total. The van der Waals surface area contributed by atoms with E-state index in [0.717, 1.165) is 54.9 Å². The number of halogens is 1. The predicted molar refractivity (Wildman–Crippen MR) is 181 cm³/mol. The summed E-state index contributed by atoms with van der Waals surface area (Å²) >= 11 is 0. The van der Waals surface area contributed by atoms with Crippen molar-refractivity contribution in [1.29, 1.82) is 0 Å². The van der Waals surface area contributed by atoms with Gasteiger partial charge in [-0.05, 0) is 102 Å². The first-order valence-electron chi connectivity index (χ1n) is 15.1. The minimum Gasteiger partial charge on any atom is -0.399 e. The number of aromatic nitrogens is 1. The number of hydrogen-bond donors (Lipinski definition) is 0. The molecule has 1 aliphatic heterocycles. The summed E-state index contributed by atoms with van der Waals surface area (Å²) in [5.74, 6) is -0.262. The summed E-state index contributed by atoms with van der Waals surface area (Å²) in [6.07, 6.45) is 0. The molecule has 44 heavy (non-hydrogen) atoms. The molecule has 0 saturated carbocycles. The van der Waals surface area contributed by atoms with E-state index in [1.54, 1.807) is 0 Å². The Morgan fingerprint density at radius 3 is 1.77 bits per heavy atom. The van der Waals surface area contributed by atoms with Crippen LogP contribution in [0.3, 0.4) is 0 Å². The molecule has 0 unspecified atom stereocenters. The molecular formula is C39H31BFNO2. The molecule has 0 radical (unpaired) electrons. The highest BCUT2D eigenvalue weighted by Gasteiger charge is 2.51. The van der Waals surface area contributed by atoms with Crippen molar-refractivity contribution in [3.05, 3.63) is 121 Å². The standard InChI is InChI=1S/C39H31BFNO2/c1-38(2)39(3,4)44-40(43-38)27-11-9-10-25(22-27)26-18-21-34-33(23-26)35-31-14-7-5-12-29(31)30-13-6-8-15-32(30)36(35)37(42-34)24-16-19-28(41)20-17-24/h5-23H,1-4H3. The van der Waals surface area contributed by atoms with Crippen LogP contribution in [-0.2, 0) is 9.31 Å². The monoisotopic (exact) mass is 575 g/mol. The maximum Gasteiger partial charge on any atom is 0.494 e. The average Bonchev–Trinajstić information content (AvgIpc) is 3.26. The molecule has 1 saturated heterocycles. The first kappa shape index (κ1) is 27.0. The van der Waals surface area contributed by atoms with E-state index in [0.29, 0.717) is 0 Å². The van der Waals surface area contributed by atoms with Gasteiger partial charge in [0.2, 0.25) is 0 Å². The molecule has 0 atom stereocenters. The highest BCUT2D eigenvalue weighted by molar-refractivity contribution is 6.62. The summed E-state index contributed by atoms with van der Waals surface area (Å²) < 4.78 is 26.7. The lowest BCUT2D eigenvalue weighted by Gasteiger charge is -2.32. The lowest BCUT2D eigenvalue weighted by atomic mass is 9.78. The summed E-state index contributed by atoms with van der Waals surface area (Å²) in [5.41, 5.74) is 4.98. The molecule has 0 amide bonds. The fourth-order valence-electron chi connectivity index (χ4n) is 6.52. The number of pyridine rings is 1. The van der Waals surface area contributed by atoms with Crippen LogP contribution in [0.15, 0.2) is 115 Å². The van der Waals surface area contributed by atoms with Crippen molar-refractivity contribution in [2.24, 2.45) is 0 Å². The Balaban J connectivity index is 1.40. The Bertz CT molecular complexity index is 2240. The van der Waals surface area contributed by atoms with Gasteiger partial charge in [-0.15, -0.1) is 0 Å².